The monoisotopic (exact) mass is 210 g/mol. The van der Waals surface area contributed by atoms with E-state index in [1.807, 2.05) is 19.1 Å². The quantitative estimate of drug-likeness (QED) is 0.764. The molecule has 4 heteroatoms. The van der Waals surface area contributed by atoms with Crippen molar-refractivity contribution in [2.24, 2.45) is 0 Å². The normalized spacial score (nSPS) is 21.7. The molecule has 0 aromatic heterocycles. The van der Waals surface area contributed by atoms with Gasteiger partial charge >= 0.3 is 0 Å². The van der Waals surface area contributed by atoms with Crippen molar-refractivity contribution in [3.8, 4) is 0 Å². The molecule has 1 heterocycles. The number of nitrogens with one attached hydrogen (secondary N) is 1. The fourth-order valence-corrected chi connectivity index (χ4v) is 1.81. The van der Waals surface area contributed by atoms with Crippen LogP contribution >= 0.6 is 11.6 Å². The van der Waals surface area contributed by atoms with E-state index in [1.165, 1.54) is 0 Å². The second-order valence-corrected chi connectivity index (χ2v) is 3.74. The molecule has 1 N–H and O–H groups in total. The highest BCUT2D eigenvalue weighted by Crippen LogP contribution is 2.22. The Bertz CT molecular complexity index is 367. The predicted octanol–water partition coefficient (Wildman–Crippen LogP) is 1.62. The van der Waals surface area contributed by atoms with E-state index < -0.39 is 0 Å². The summed E-state index contributed by atoms with van der Waals surface area (Å²) in [6, 6.07) is 7.32. The first-order valence-corrected chi connectivity index (χ1v) is 4.87. The van der Waals surface area contributed by atoms with Gasteiger partial charge in [-0.25, -0.2) is 0 Å². The Balaban J connectivity index is 2.34. The Hall–Kier alpha value is -1.06. The van der Waals surface area contributed by atoms with Gasteiger partial charge in [-0.2, -0.15) is 0 Å². The van der Waals surface area contributed by atoms with Crippen LogP contribution in [0.25, 0.3) is 0 Å². The lowest BCUT2D eigenvalue weighted by Gasteiger charge is -2.20. The predicted molar refractivity (Wildman–Crippen MR) is 56.4 cm³/mol. The molecule has 1 aliphatic heterocycles. The molecule has 0 bridgehead atoms. The molecular weight excluding hydrogens is 200 g/mol. The average molecular weight is 211 g/mol. The minimum Gasteiger partial charge on any atom is -0.296 e. The molecule has 3 nitrogen and oxygen atoms in total. The summed E-state index contributed by atoms with van der Waals surface area (Å²) < 4.78 is 0. The molecular formula is C10H11ClN2O. The third kappa shape index (κ3) is 1.61. The molecule has 0 radical (unpaired) electrons. The number of rotatable bonds is 1. The van der Waals surface area contributed by atoms with Gasteiger partial charge in [0, 0.05) is 10.7 Å². The molecule has 1 saturated heterocycles. The summed E-state index contributed by atoms with van der Waals surface area (Å²) in [5.41, 5.74) is 0.847. The topological polar surface area (TPSA) is 32.3 Å². The maximum absolute atomic E-state index is 11.5. The van der Waals surface area contributed by atoms with Crippen LogP contribution in [0.2, 0.25) is 5.02 Å². The maximum atomic E-state index is 11.5. The molecule has 1 amide bonds. The number of amides is 1. The highest BCUT2D eigenvalue weighted by atomic mass is 35.5. The lowest BCUT2D eigenvalue weighted by molar-refractivity contribution is -0.116. The fraction of sp³-hybridized carbons (Fsp3) is 0.300. The highest BCUT2D eigenvalue weighted by Gasteiger charge is 2.27. The number of hydrogen-bond donors (Lipinski definition) is 1. The van der Waals surface area contributed by atoms with Gasteiger partial charge in [-0.1, -0.05) is 17.7 Å². The smallest absolute Gasteiger partial charge is 0.242 e. The first kappa shape index (κ1) is 9.49. The lowest BCUT2D eigenvalue weighted by Crippen LogP contribution is -2.34. The van der Waals surface area contributed by atoms with Crippen LogP contribution in [0.5, 0.6) is 0 Å². The molecule has 1 aromatic carbocycles. The van der Waals surface area contributed by atoms with Crippen LogP contribution in [-0.2, 0) is 4.79 Å². The van der Waals surface area contributed by atoms with Gasteiger partial charge in [0.15, 0.2) is 0 Å². The van der Waals surface area contributed by atoms with E-state index in [0.29, 0.717) is 11.6 Å². The zero-order valence-corrected chi connectivity index (χ0v) is 8.58. The van der Waals surface area contributed by atoms with Crippen LogP contribution in [0.15, 0.2) is 24.3 Å². The van der Waals surface area contributed by atoms with Crippen molar-refractivity contribution in [1.29, 1.82) is 0 Å². The molecule has 14 heavy (non-hydrogen) atoms. The average Bonchev–Trinajstić information content (AvgIpc) is 2.46. The molecule has 0 aliphatic carbocycles. The number of carbonyl (C=O) groups is 1. The van der Waals surface area contributed by atoms with Crippen molar-refractivity contribution in [2.45, 2.75) is 13.1 Å². The number of carbonyl (C=O) groups excluding carboxylic acids is 1. The summed E-state index contributed by atoms with van der Waals surface area (Å²) in [5.74, 6) is 0.0831. The zero-order chi connectivity index (χ0) is 10.1. The fourth-order valence-electron chi connectivity index (χ4n) is 1.62. The Kier molecular flexibility index (Phi) is 2.44. The summed E-state index contributed by atoms with van der Waals surface area (Å²) in [5, 5.41) is 3.72. The summed E-state index contributed by atoms with van der Waals surface area (Å²) in [4.78, 5) is 13.2. The summed E-state index contributed by atoms with van der Waals surface area (Å²) in [7, 11) is 0. The van der Waals surface area contributed by atoms with Crippen molar-refractivity contribution < 1.29 is 4.79 Å². The van der Waals surface area contributed by atoms with E-state index >= 15 is 0 Å². The van der Waals surface area contributed by atoms with Crippen LogP contribution in [0, 0.1) is 0 Å². The van der Waals surface area contributed by atoms with E-state index in [2.05, 4.69) is 5.32 Å². The van der Waals surface area contributed by atoms with E-state index in [4.69, 9.17) is 11.6 Å². The van der Waals surface area contributed by atoms with Crippen LogP contribution in [-0.4, -0.2) is 18.6 Å². The highest BCUT2D eigenvalue weighted by molar-refractivity contribution is 6.30. The van der Waals surface area contributed by atoms with Crippen molar-refractivity contribution in [1.82, 2.24) is 5.32 Å². The summed E-state index contributed by atoms with van der Waals surface area (Å²) in [6.45, 7) is 2.35. The SMILES string of the molecule is CC1NCC(=O)N1c1cccc(Cl)c1. The number of benzene rings is 1. The van der Waals surface area contributed by atoms with Crippen molar-refractivity contribution in [3.05, 3.63) is 29.3 Å². The standard InChI is InChI=1S/C10H11ClN2O/c1-7-12-6-10(14)13(7)9-4-2-3-8(11)5-9/h2-5,7,12H,6H2,1H3. The molecule has 1 aliphatic rings. The molecule has 1 fully saturated rings. The molecule has 2 rings (SSSR count). The van der Waals surface area contributed by atoms with Gasteiger partial charge in [0.2, 0.25) is 5.91 Å². The first-order chi connectivity index (χ1) is 6.68. The zero-order valence-electron chi connectivity index (χ0n) is 7.83. The van der Waals surface area contributed by atoms with Crippen molar-refractivity contribution in [2.75, 3.05) is 11.4 Å². The van der Waals surface area contributed by atoms with Gasteiger partial charge in [-0.3, -0.25) is 15.0 Å². The van der Waals surface area contributed by atoms with E-state index in [9.17, 15) is 4.79 Å². The van der Waals surface area contributed by atoms with Gasteiger partial charge in [0.25, 0.3) is 0 Å². The van der Waals surface area contributed by atoms with E-state index in [0.717, 1.165) is 5.69 Å². The summed E-state index contributed by atoms with van der Waals surface area (Å²) in [6.07, 6.45) is 0.0426. The number of nitrogens with zero attached hydrogens (tertiary/aromatic N) is 1. The van der Waals surface area contributed by atoms with Crippen LogP contribution in [0.1, 0.15) is 6.92 Å². The Morgan fingerprint density at radius 2 is 2.36 bits per heavy atom. The lowest BCUT2D eigenvalue weighted by atomic mass is 10.3. The van der Waals surface area contributed by atoms with Crippen molar-refractivity contribution >= 4 is 23.2 Å². The van der Waals surface area contributed by atoms with Crippen molar-refractivity contribution in [3.63, 3.8) is 0 Å². The first-order valence-electron chi connectivity index (χ1n) is 4.49. The third-order valence-electron chi connectivity index (χ3n) is 2.29. The number of hydrogen-bond acceptors (Lipinski definition) is 2. The van der Waals surface area contributed by atoms with Gasteiger partial charge in [0.1, 0.15) is 0 Å². The third-order valence-corrected chi connectivity index (χ3v) is 2.53. The maximum Gasteiger partial charge on any atom is 0.242 e. The van der Waals surface area contributed by atoms with E-state index in [-0.39, 0.29) is 12.1 Å². The molecule has 1 aromatic rings. The minimum absolute atomic E-state index is 0.0426. The second kappa shape index (κ2) is 3.59. The molecule has 1 unspecified atom stereocenters. The largest absolute Gasteiger partial charge is 0.296 e. The van der Waals surface area contributed by atoms with Crippen LogP contribution in [0.4, 0.5) is 5.69 Å². The Labute approximate surface area is 87.7 Å². The minimum atomic E-state index is 0.0426. The van der Waals surface area contributed by atoms with Gasteiger partial charge in [0.05, 0.1) is 12.7 Å². The molecule has 1 atom stereocenters. The van der Waals surface area contributed by atoms with Gasteiger partial charge < -0.3 is 0 Å². The second-order valence-electron chi connectivity index (χ2n) is 3.30. The Morgan fingerprint density at radius 1 is 1.57 bits per heavy atom. The molecule has 0 saturated carbocycles. The van der Waals surface area contributed by atoms with Gasteiger partial charge in [-0.05, 0) is 25.1 Å². The Morgan fingerprint density at radius 3 is 2.93 bits per heavy atom. The number of halogens is 1. The van der Waals surface area contributed by atoms with Crippen LogP contribution < -0.4 is 10.2 Å². The summed E-state index contributed by atoms with van der Waals surface area (Å²) >= 11 is 5.86. The van der Waals surface area contributed by atoms with Crippen LogP contribution in [0.3, 0.4) is 0 Å². The molecule has 74 valence electrons. The van der Waals surface area contributed by atoms with Gasteiger partial charge in [-0.15, -0.1) is 0 Å². The molecule has 0 spiro atoms. The van der Waals surface area contributed by atoms with E-state index in [1.54, 1.807) is 17.0 Å². The number of anilines is 1.